The van der Waals surface area contributed by atoms with E-state index in [0.29, 0.717) is 16.7 Å². The molecule has 0 saturated heterocycles. The topological polar surface area (TPSA) is 74.6 Å². The first-order chi connectivity index (χ1) is 10.8. The van der Waals surface area contributed by atoms with Crippen molar-refractivity contribution in [3.8, 4) is 11.8 Å². The molecule has 0 amide bonds. The summed E-state index contributed by atoms with van der Waals surface area (Å²) in [6.07, 6.45) is 0. The lowest BCUT2D eigenvalue weighted by Crippen LogP contribution is -2.12. The van der Waals surface area contributed by atoms with Crippen molar-refractivity contribution in [1.29, 1.82) is 0 Å². The molecule has 0 heterocycles. The molecule has 0 aliphatic carbocycles. The number of benzene rings is 2. The van der Waals surface area contributed by atoms with Crippen LogP contribution in [0.25, 0.3) is 0 Å². The van der Waals surface area contributed by atoms with Crippen LogP contribution in [0.1, 0.15) is 48.5 Å². The second kappa shape index (κ2) is 6.37. The highest BCUT2D eigenvalue weighted by Gasteiger charge is 2.21. The average Bonchev–Trinajstić information content (AvgIpc) is 2.47. The van der Waals surface area contributed by atoms with E-state index < -0.39 is 11.9 Å². The summed E-state index contributed by atoms with van der Waals surface area (Å²) in [5.41, 5.74) is 3.08. The molecular weight excluding hydrogens is 292 g/mol. The fourth-order valence-corrected chi connectivity index (χ4v) is 2.39. The van der Waals surface area contributed by atoms with Gasteiger partial charge in [-0.2, -0.15) is 0 Å². The van der Waals surface area contributed by atoms with Gasteiger partial charge in [0.25, 0.3) is 0 Å². The minimum atomic E-state index is -1.27. The predicted octanol–water partition coefficient (Wildman–Crippen LogP) is 3.41. The highest BCUT2D eigenvalue weighted by molar-refractivity contribution is 6.03. The van der Waals surface area contributed by atoms with Crippen molar-refractivity contribution in [1.82, 2.24) is 0 Å². The van der Waals surface area contributed by atoms with Crippen molar-refractivity contribution in [2.24, 2.45) is 0 Å². The first-order valence-corrected chi connectivity index (χ1v) is 7.00. The van der Waals surface area contributed by atoms with Crippen LogP contribution >= 0.6 is 0 Å². The summed E-state index contributed by atoms with van der Waals surface area (Å²) in [4.78, 5) is 22.7. The Kier molecular flexibility index (Phi) is 4.52. The Morgan fingerprint density at radius 1 is 0.913 bits per heavy atom. The molecule has 0 aliphatic heterocycles. The number of carbonyl (C=O) groups is 2. The molecule has 0 bridgehead atoms. The van der Waals surface area contributed by atoms with E-state index >= 15 is 0 Å². The fraction of sp³-hybridized carbons (Fsp3) is 0.158. The number of hydrogen-bond donors (Lipinski definition) is 2. The maximum absolute atomic E-state index is 11.4. The maximum atomic E-state index is 11.4. The molecule has 23 heavy (non-hydrogen) atoms. The van der Waals surface area contributed by atoms with Gasteiger partial charge >= 0.3 is 11.9 Å². The number of rotatable bonds is 2. The van der Waals surface area contributed by atoms with E-state index in [4.69, 9.17) is 0 Å². The van der Waals surface area contributed by atoms with Gasteiger partial charge in [0, 0.05) is 11.1 Å². The monoisotopic (exact) mass is 308 g/mol. The van der Waals surface area contributed by atoms with E-state index in [2.05, 4.69) is 11.8 Å². The van der Waals surface area contributed by atoms with Gasteiger partial charge in [0.05, 0.1) is 11.1 Å². The van der Waals surface area contributed by atoms with Crippen molar-refractivity contribution in [3.63, 3.8) is 0 Å². The third-order valence-electron chi connectivity index (χ3n) is 3.60. The highest BCUT2D eigenvalue weighted by Crippen LogP contribution is 2.22. The standard InChI is InChI=1S/C19H16O4/c1-11-4-6-14(7-5-11)8-9-15-12(2)10-16(18(20)21)17(13(15)3)19(22)23/h4-7,10H,1-3H3,(H,20,21)(H,22,23). The zero-order valence-electron chi connectivity index (χ0n) is 13.1. The molecule has 4 heteroatoms. The zero-order chi connectivity index (χ0) is 17.1. The lowest BCUT2D eigenvalue weighted by molar-refractivity contribution is 0.0650. The number of hydrogen-bond acceptors (Lipinski definition) is 2. The fourth-order valence-electron chi connectivity index (χ4n) is 2.39. The summed E-state index contributed by atoms with van der Waals surface area (Å²) in [6, 6.07) is 9.02. The highest BCUT2D eigenvalue weighted by atomic mass is 16.4. The Morgan fingerprint density at radius 3 is 2.04 bits per heavy atom. The molecule has 116 valence electrons. The lowest BCUT2D eigenvalue weighted by atomic mass is 9.93. The summed E-state index contributed by atoms with van der Waals surface area (Å²) in [5.74, 6) is 3.44. The van der Waals surface area contributed by atoms with Crippen LogP contribution in [0, 0.1) is 32.6 Å². The van der Waals surface area contributed by atoms with Gasteiger partial charge in [-0.05, 0) is 50.1 Å². The number of carboxylic acids is 2. The van der Waals surface area contributed by atoms with Gasteiger partial charge in [0.1, 0.15) is 0 Å². The molecule has 0 unspecified atom stereocenters. The Morgan fingerprint density at radius 2 is 1.52 bits per heavy atom. The quantitative estimate of drug-likeness (QED) is 0.834. The van der Waals surface area contributed by atoms with Crippen molar-refractivity contribution in [2.75, 3.05) is 0 Å². The van der Waals surface area contributed by atoms with Gasteiger partial charge < -0.3 is 10.2 Å². The molecule has 2 aromatic rings. The van der Waals surface area contributed by atoms with Gasteiger partial charge in [-0.15, -0.1) is 0 Å². The van der Waals surface area contributed by atoms with Crippen molar-refractivity contribution < 1.29 is 19.8 Å². The zero-order valence-corrected chi connectivity index (χ0v) is 13.1. The Balaban J connectivity index is 2.60. The normalized spacial score (nSPS) is 9.87. The van der Waals surface area contributed by atoms with E-state index in [1.54, 1.807) is 13.8 Å². The van der Waals surface area contributed by atoms with Gasteiger partial charge in [-0.3, -0.25) is 0 Å². The number of carboxylic acid groups (broad SMARTS) is 2. The maximum Gasteiger partial charge on any atom is 0.336 e. The van der Waals surface area contributed by atoms with Gasteiger partial charge in [-0.1, -0.05) is 29.5 Å². The van der Waals surface area contributed by atoms with Crippen molar-refractivity contribution in [3.05, 3.63) is 69.3 Å². The Bertz CT molecular complexity index is 850. The van der Waals surface area contributed by atoms with E-state index in [1.807, 2.05) is 31.2 Å². The van der Waals surface area contributed by atoms with Crippen molar-refractivity contribution >= 4 is 11.9 Å². The molecule has 0 saturated carbocycles. The molecule has 0 spiro atoms. The second-order valence-electron chi connectivity index (χ2n) is 5.34. The minimum absolute atomic E-state index is 0.212. The molecule has 0 radical (unpaired) electrons. The Hall–Kier alpha value is -3.06. The molecule has 2 N–H and O–H groups in total. The van der Waals surface area contributed by atoms with Gasteiger partial charge in [0.2, 0.25) is 0 Å². The van der Waals surface area contributed by atoms with E-state index in [1.165, 1.54) is 6.07 Å². The van der Waals surface area contributed by atoms with Crippen LogP contribution < -0.4 is 0 Å². The van der Waals surface area contributed by atoms with E-state index in [-0.39, 0.29) is 11.1 Å². The van der Waals surface area contributed by atoms with Crippen LogP contribution in [0.5, 0.6) is 0 Å². The predicted molar refractivity (Wildman–Crippen MR) is 87.0 cm³/mol. The molecule has 0 atom stereocenters. The second-order valence-corrected chi connectivity index (χ2v) is 5.34. The summed E-state index contributed by atoms with van der Waals surface area (Å²) < 4.78 is 0. The lowest BCUT2D eigenvalue weighted by Gasteiger charge is -2.10. The SMILES string of the molecule is Cc1ccc(C#Cc2c(C)cc(C(=O)O)c(C(=O)O)c2C)cc1. The molecule has 0 fully saturated rings. The first kappa shape index (κ1) is 16.3. The smallest absolute Gasteiger partial charge is 0.336 e. The van der Waals surface area contributed by atoms with Gasteiger partial charge in [-0.25, -0.2) is 9.59 Å². The molecule has 2 aromatic carbocycles. The average molecular weight is 308 g/mol. The van der Waals surface area contributed by atoms with Crippen LogP contribution in [-0.4, -0.2) is 22.2 Å². The molecule has 2 rings (SSSR count). The summed E-state index contributed by atoms with van der Waals surface area (Å²) >= 11 is 0. The number of aromatic carboxylic acids is 2. The summed E-state index contributed by atoms with van der Waals surface area (Å²) in [6.45, 7) is 5.29. The van der Waals surface area contributed by atoms with E-state index in [0.717, 1.165) is 11.1 Å². The summed E-state index contributed by atoms with van der Waals surface area (Å²) in [5, 5.41) is 18.5. The minimum Gasteiger partial charge on any atom is -0.478 e. The summed E-state index contributed by atoms with van der Waals surface area (Å²) in [7, 11) is 0. The Labute approximate surface area is 134 Å². The van der Waals surface area contributed by atoms with Crippen LogP contribution in [0.2, 0.25) is 0 Å². The van der Waals surface area contributed by atoms with Crippen molar-refractivity contribution in [2.45, 2.75) is 20.8 Å². The number of aryl methyl sites for hydroxylation is 2. The van der Waals surface area contributed by atoms with Gasteiger partial charge in [0.15, 0.2) is 0 Å². The first-order valence-electron chi connectivity index (χ1n) is 7.00. The van der Waals surface area contributed by atoms with Crippen LogP contribution in [0.15, 0.2) is 30.3 Å². The third kappa shape index (κ3) is 3.41. The molecule has 0 aliphatic rings. The largest absolute Gasteiger partial charge is 0.478 e. The molecule has 4 nitrogen and oxygen atoms in total. The molecule has 0 aromatic heterocycles. The van der Waals surface area contributed by atoms with Crippen LogP contribution in [0.4, 0.5) is 0 Å². The third-order valence-corrected chi connectivity index (χ3v) is 3.60. The van der Waals surface area contributed by atoms with E-state index in [9.17, 15) is 19.8 Å². The van der Waals surface area contributed by atoms with Crippen LogP contribution in [-0.2, 0) is 0 Å². The molecular formula is C19H16O4. The van der Waals surface area contributed by atoms with Crippen LogP contribution in [0.3, 0.4) is 0 Å².